The lowest BCUT2D eigenvalue weighted by atomic mass is 9.93. The normalized spacial score (nSPS) is 23.7. The molecule has 1 heterocycles. The van der Waals surface area contributed by atoms with Gasteiger partial charge in [0, 0.05) is 26.2 Å². The zero-order chi connectivity index (χ0) is 13.9. The Kier molecular flexibility index (Phi) is 4.22. The predicted octanol–water partition coefficient (Wildman–Crippen LogP) is 0.972. The van der Waals surface area contributed by atoms with Crippen molar-refractivity contribution in [2.45, 2.75) is 26.4 Å². The standard InChI is InChI=1S/C15H23N3O/c1-15(2)10-17-14(19)13(8-16)18(11-15)9-12-6-4-3-5-7-12/h3-7,13H,8-11,16H2,1-2H3,(H,17,19). The first-order chi connectivity index (χ1) is 9.02. The van der Waals surface area contributed by atoms with Gasteiger partial charge >= 0.3 is 0 Å². The number of rotatable bonds is 3. The minimum Gasteiger partial charge on any atom is -0.354 e. The molecule has 4 heteroatoms. The molecule has 19 heavy (non-hydrogen) atoms. The summed E-state index contributed by atoms with van der Waals surface area (Å²) in [7, 11) is 0. The number of carbonyl (C=O) groups is 1. The second-order valence-corrected chi connectivity index (χ2v) is 6.02. The Hall–Kier alpha value is -1.39. The first-order valence-corrected chi connectivity index (χ1v) is 6.77. The summed E-state index contributed by atoms with van der Waals surface area (Å²) in [4.78, 5) is 14.3. The fourth-order valence-corrected chi connectivity index (χ4v) is 2.57. The minimum absolute atomic E-state index is 0.0454. The second-order valence-electron chi connectivity index (χ2n) is 6.02. The van der Waals surface area contributed by atoms with Gasteiger partial charge in [0.05, 0.1) is 0 Å². The van der Waals surface area contributed by atoms with Crippen LogP contribution in [0, 0.1) is 5.41 Å². The van der Waals surface area contributed by atoms with E-state index in [0.29, 0.717) is 13.1 Å². The minimum atomic E-state index is -0.234. The van der Waals surface area contributed by atoms with Crippen LogP contribution in [0.25, 0.3) is 0 Å². The van der Waals surface area contributed by atoms with E-state index in [0.717, 1.165) is 13.1 Å². The Morgan fingerprint density at radius 1 is 1.37 bits per heavy atom. The summed E-state index contributed by atoms with van der Waals surface area (Å²) in [5.41, 5.74) is 7.07. The highest BCUT2D eigenvalue weighted by Gasteiger charge is 2.34. The Bertz CT molecular complexity index is 430. The molecule has 0 saturated carbocycles. The van der Waals surface area contributed by atoms with E-state index in [9.17, 15) is 4.79 Å². The highest BCUT2D eigenvalue weighted by atomic mass is 16.2. The molecule has 1 unspecified atom stereocenters. The van der Waals surface area contributed by atoms with Crippen molar-refractivity contribution < 1.29 is 4.79 Å². The maximum atomic E-state index is 12.1. The molecular weight excluding hydrogens is 238 g/mol. The molecule has 1 aliphatic rings. The molecular formula is C15H23N3O. The van der Waals surface area contributed by atoms with Crippen LogP contribution in [0.2, 0.25) is 0 Å². The smallest absolute Gasteiger partial charge is 0.238 e. The number of benzene rings is 1. The molecule has 1 aromatic carbocycles. The molecule has 3 N–H and O–H groups in total. The van der Waals surface area contributed by atoms with Crippen molar-refractivity contribution in [1.29, 1.82) is 0 Å². The third-order valence-corrected chi connectivity index (χ3v) is 3.57. The van der Waals surface area contributed by atoms with Crippen molar-refractivity contribution in [3.63, 3.8) is 0 Å². The quantitative estimate of drug-likeness (QED) is 0.852. The van der Waals surface area contributed by atoms with Crippen molar-refractivity contribution in [2.24, 2.45) is 11.1 Å². The number of nitrogens with one attached hydrogen (secondary N) is 1. The Morgan fingerprint density at radius 2 is 2.05 bits per heavy atom. The fourth-order valence-electron chi connectivity index (χ4n) is 2.57. The molecule has 0 radical (unpaired) electrons. The number of hydrogen-bond acceptors (Lipinski definition) is 3. The third kappa shape index (κ3) is 3.55. The van der Waals surface area contributed by atoms with Crippen molar-refractivity contribution in [3.8, 4) is 0 Å². The molecule has 0 aliphatic carbocycles. The third-order valence-electron chi connectivity index (χ3n) is 3.57. The summed E-state index contributed by atoms with van der Waals surface area (Å²) in [5, 5.41) is 2.99. The number of amides is 1. The van der Waals surface area contributed by atoms with Crippen LogP contribution in [0.3, 0.4) is 0 Å². The number of nitrogens with zero attached hydrogens (tertiary/aromatic N) is 1. The summed E-state index contributed by atoms with van der Waals surface area (Å²) >= 11 is 0. The summed E-state index contributed by atoms with van der Waals surface area (Å²) in [6.45, 7) is 7.03. The van der Waals surface area contributed by atoms with Gasteiger partial charge in [-0.15, -0.1) is 0 Å². The largest absolute Gasteiger partial charge is 0.354 e. The van der Waals surface area contributed by atoms with Gasteiger partial charge in [-0.25, -0.2) is 0 Å². The predicted molar refractivity (Wildman–Crippen MR) is 76.5 cm³/mol. The highest BCUT2D eigenvalue weighted by molar-refractivity contribution is 5.82. The monoisotopic (exact) mass is 261 g/mol. The zero-order valence-corrected chi connectivity index (χ0v) is 11.7. The maximum absolute atomic E-state index is 12.1. The molecule has 104 valence electrons. The van der Waals surface area contributed by atoms with E-state index in [1.807, 2.05) is 18.2 Å². The number of carbonyl (C=O) groups excluding carboxylic acids is 1. The highest BCUT2D eigenvalue weighted by Crippen LogP contribution is 2.22. The molecule has 1 aromatic rings. The fraction of sp³-hybridized carbons (Fsp3) is 0.533. The lowest BCUT2D eigenvalue weighted by Gasteiger charge is -2.32. The summed E-state index contributed by atoms with van der Waals surface area (Å²) in [5.74, 6) is 0.0454. The van der Waals surface area contributed by atoms with Gasteiger partial charge < -0.3 is 11.1 Å². The van der Waals surface area contributed by atoms with E-state index in [4.69, 9.17) is 5.73 Å². The van der Waals surface area contributed by atoms with Crippen LogP contribution >= 0.6 is 0 Å². The molecule has 1 atom stereocenters. The Balaban J connectivity index is 2.19. The van der Waals surface area contributed by atoms with Crippen molar-refractivity contribution in [1.82, 2.24) is 10.2 Å². The first-order valence-electron chi connectivity index (χ1n) is 6.77. The molecule has 1 amide bonds. The second kappa shape index (κ2) is 5.72. The number of nitrogens with two attached hydrogens (primary N) is 1. The zero-order valence-electron chi connectivity index (χ0n) is 11.7. The lowest BCUT2D eigenvalue weighted by molar-refractivity contribution is -0.125. The molecule has 4 nitrogen and oxygen atoms in total. The Morgan fingerprint density at radius 3 is 2.68 bits per heavy atom. The SMILES string of the molecule is CC1(C)CNC(=O)C(CN)N(Cc2ccccc2)C1. The maximum Gasteiger partial charge on any atom is 0.238 e. The molecule has 0 aromatic heterocycles. The van der Waals surface area contributed by atoms with Gasteiger partial charge in [-0.2, -0.15) is 0 Å². The number of hydrogen-bond donors (Lipinski definition) is 2. The molecule has 1 aliphatic heterocycles. The van der Waals surface area contributed by atoms with Gasteiger partial charge in [-0.1, -0.05) is 44.2 Å². The summed E-state index contributed by atoms with van der Waals surface area (Å²) in [6.07, 6.45) is 0. The van der Waals surface area contributed by atoms with E-state index in [-0.39, 0.29) is 17.4 Å². The van der Waals surface area contributed by atoms with Crippen LogP contribution in [0.5, 0.6) is 0 Å². The topological polar surface area (TPSA) is 58.4 Å². The molecule has 0 bridgehead atoms. The van der Waals surface area contributed by atoms with Crippen LogP contribution in [0.4, 0.5) is 0 Å². The van der Waals surface area contributed by atoms with E-state index < -0.39 is 0 Å². The Labute approximate surface area is 115 Å². The van der Waals surface area contributed by atoms with Gasteiger partial charge in [0.2, 0.25) is 5.91 Å². The van der Waals surface area contributed by atoms with E-state index >= 15 is 0 Å². The summed E-state index contributed by atoms with van der Waals surface area (Å²) in [6, 6.07) is 9.99. The molecule has 0 spiro atoms. The van der Waals surface area contributed by atoms with Crippen LogP contribution < -0.4 is 11.1 Å². The summed E-state index contributed by atoms with van der Waals surface area (Å²) < 4.78 is 0. The molecule has 1 saturated heterocycles. The van der Waals surface area contributed by atoms with E-state index in [1.165, 1.54) is 5.56 Å². The van der Waals surface area contributed by atoms with Crippen LogP contribution in [0.1, 0.15) is 19.4 Å². The van der Waals surface area contributed by atoms with Crippen LogP contribution in [-0.4, -0.2) is 36.5 Å². The average molecular weight is 261 g/mol. The van der Waals surface area contributed by atoms with Crippen molar-refractivity contribution >= 4 is 5.91 Å². The van der Waals surface area contributed by atoms with Crippen LogP contribution in [-0.2, 0) is 11.3 Å². The van der Waals surface area contributed by atoms with Gasteiger partial charge in [-0.05, 0) is 11.0 Å². The molecule has 1 fully saturated rings. The average Bonchev–Trinajstić information content (AvgIpc) is 2.48. The van der Waals surface area contributed by atoms with Crippen molar-refractivity contribution in [3.05, 3.63) is 35.9 Å². The molecule has 2 rings (SSSR count). The van der Waals surface area contributed by atoms with E-state index in [2.05, 4.69) is 36.2 Å². The van der Waals surface area contributed by atoms with E-state index in [1.54, 1.807) is 0 Å². The first kappa shape index (κ1) is 14.0. The van der Waals surface area contributed by atoms with Gasteiger partial charge in [0.15, 0.2) is 0 Å². The van der Waals surface area contributed by atoms with Crippen LogP contribution in [0.15, 0.2) is 30.3 Å². The van der Waals surface area contributed by atoms with Crippen molar-refractivity contribution in [2.75, 3.05) is 19.6 Å². The van der Waals surface area contributed by atoms with Gasteiger partial charge in [0.25, 0.3) is 0 Å². The van der Waals surface area contributed by atoms with Gasteiger partial charge in [-0.3, -0.25) is 9.69 Å². The lowest BCUT2D eigenvalue weighted by Crippen LogP contribution is -2.48. The van der Waals surface area contributed by atoms with Gasteiger partial charge in [0.1, 0.15) is 6.04 Å².